The van der Waals surface area contributed by atoms with E-state index in [4.69, 9.17) is 12.2 Å². The Morgan fingerprint density at radius 1 is 1.17 bits per heavy atom. The van der Waals surface area contributed by atoms with Crippen LogP contribution in [-0.2, 0) is 6.54 Å². The number of pyridine rings is 1. The first-order valence-electron chi connectivity index (χ1n) is 11.8. The van der Waals surface area contributed by atoms with E-state index in [0.717, 1.165) is 42.5 Å². The number of thiocarbonyl (C=S) groups is 1. The van der Waals surface area contributed by atoms with Gasteiger partial charge in [0.25, 0.3) is 0 Å². The number of nitrogens with one attached hydrogen (secondary N) is 1. The van der Waals surface area contributed by atoms with Crippen molar-refractivity contribution in [3.05, 3.63) is 30.1 Å². The van der Waals surface area contributed by atoms with Gasteiger partial charge in [-0.05, 0) is 112 Å². The minimum atomic E-state index is 0.280. The summed E-state index contributed by atoms with van der Waals surface area (Å²) < 4.78 is 0. The summed E-state index contributed by atoms with van der Waals surface area (Å²) in [4.78, 5) is 9.29. The van der Waals surface area contributed by atoms with Crippen LogP contribution in [0.25, 0.3) is 0 Å². The van der Waals surface area contributed by atoms with E-state index in [0.29, 0.717) is 6.04 Å². The predicted octanol–water partition coefficient (Wildman–Crippen LogP) is 4.21. The van der Waals surface area contributed by atoms with Gasteiger partial charge in [0.05, 0.1) is 0 Å². The molecule has 0 spiro atoms. The van der Waals surface area contributed by atoms with E-state index in [1.165, 1.54) is 63.5 Å². The van der Waals surface area contributed by atoms with Crippen LogP contribution in [0.15, 0.2) is 24.5 Å². The quantitative estimate of drug-likeness (QED) is 0.708. The van der Waals surface area contributed by atoms with Gasteiger partial charge in [-0.25, -0.2) is 0 Å². The molecule has 1 N–H and O–H groups in total. The summed E-state index contributed by atoms with van der Waals surface area (Å²) in [6.07, 6.45) is 14.9. The molecule has 29 heavy (non-hydrogen) atoms. The van der Waals surface area contributed by atoms with E-state index in [2.05, 4.69) is 39.2 Å². The van der Waals surface area contributed by atoms with E-state index in [-0.39, 0.29) is 5.54 Å². The Bertz CT molecular complexity index is 686. The van der Waals surface area contributed by atoms with E-state index >= 15 is 0 Å². The van der Waals surface area contributed by atoms with Crippen molar-refractivity contribution in [2.45, 2.75) is 76.4 Å². The van der Waals surface area contributed by atoms with Gasteiger partial charge in [0.2, 0.25) is 0 Å². The number of likely N-dealkylation sites (tertiary alicyclic amines) is 1. The average molecular weight is 413 g/mol. The van der Waals surface area contributed by atoms with Crippen LogP contribution in [0.4, 0.5) is 0 Å². The molecule has 158 valence electrons. The second-order valence-corrected chi connectivity index (χ2v) is 10.7. The lowest BCUT2D eigenvalue weighted by Crippen LogP contribution is -2.62. The van der Waals surface area contributed by atoms with Gasteiger partial charge in [-0.15, -0.1) is 0 Å². The van der Waals surface area contributed by atoms with Crippen LogP contribution in [0.3, 0.4) is 0 Å². The summed E-state index contributed by atoms with van der Waals surface area (Å²) in [7, 11) is 0. The first-order valence-corrected chi connectivity index (χ1v) is 12.2. The molecule has 4 nitrogen and oxygen atoms in total. The standard InChI is InChI=1S/C24H36N4S/c1-2-27-9-3-4-22(27)17-28(16-18-5-7-25-8-6-18)23(29)26-24-13-19-10-20(14-24)12-21(11-19)15-24/h5-8,19-22H,2-4,9-17H2,1H3,(H,26,29). The molecule has 5 aliphatic rings. The monoisotopic (exact) mass is 412 g/mol. The molecule has 2 heterocycles. The van der Waals surface area contributed by atoms with Gasteiger partial charge in [-0.3, -0.25) is 9.88 Å². The van der Waals surface area contributed by atoms with Crippen LogP contribution >= 0.6 is 12.2 Å². The molecule has 1 saturated heterocycles. The van der Waals surface area contributed by atoms with E-state index in [1.54, 1.807) is 0 Å². The van der Waals surface area contributed by atoms with Crippen LogP contribution < -0.4 is 5.32 Å². The molecule has 0 radical (unpaired) electrons. The minimum Gasteiger partial charge on any atom is -0.357 e. The zero-order valence-electron chi connectivity index (χ0n) is 17.9. The molecule has 5 heteroatoms. The molecule has 4 saturated carbocycles. The van der Waals surface area contributed by atoms with Crippen molar-refractivity contribution in [2.24, 2.45) is 17.8 Å². The third-order valence-electron chi connectivity index (χ3n) is 8.16. The highest BCUT2D eigenvalue weighted by molar-refractivity contribution is 7.80. The molecule has 6 rings (SSSR count). The van der Waals surface area contributed by atoms with Gasteiger partial charge in [0.15, 0.2) is 5.11 Å². The van der Waals surface area contributed by atoms with Gasteiger partial charge in [-0.1, -0.05) is 6.92 Å². The topological polar surface area (TPSA) is 31.4 Å². The second kappa shape index (κ2) is 8.14. The summed E-state index contributed by atoms with van der Waals surface area (Å²) in [6.45, 7) is 6.59. The maximum absolute atomic E-state index is 6.10. The van der Waals surface area contributed by atoms with E-state index in [9.17, 15) is 0 Å². The normalized spacial score (nSPS) is 35.8. The maximum atomic E-state index is 6.10. The fraction of sp³-hybridized carbons (Fsp3) is 0.750. The summed E-state index contributed by atoms with van der Waals surface area (Å²) in [5.41, 5.74) is 1.58. The third kappa shape index (κ3) is 4.18. The Morgan fingerprint density at radius 2 is 1.83 bits per heavy atom. The Labute approximate surface area is 181 Å². The maximum Gasteiger partial charge on any atom is 0.169 e. The van der Waals surface area contributed by atoms with Crippen molar-refractivity contribution >= 4 is 17.3 Å². The largest absolute Gasteiger partial charge is 0.357 e. The van der Waals surface area contributed by atoms with Crippen molar-refractivity contribution in [1.29, 1.82) is 0 Å². The van der Waals surface area contributed by atoms with Crippen LogP contribution in [-0.4, -0.2) is 51.1 Å². The highest BCUT2D eigenvalue weighted by Gasteiger charge is 2.51. The minimum absolute atomic E-state index is 0.280. The smallest absolute Gasteiger partial charge is 0.169 e. The highest BCUT2D eigenvalue weighted by Crippen LogP contribution is 2.55. The van der Waals surface area contributed by atoms with E-state index < -0.39 is 0 Å². The number of hydrogen-bond donors (Lipinski definition) is 1. The summed E-state index contributed by atoms with van der Waals surface area (Å²) in [5.74, 6) is 2.82. The molecular formula is C24H36N4S. The number of nitrogens with zero attached hydrogens (tertiary/aromatic N) is 3. The third-order valence-corrected chi connectivity index (χ3v) is 8.52. The summed E-state index contributed by atoms with van der Waals surface area (Å²) in [5, 5.41) is 4.97. The van der Waals surface area contributed by atoms with Gasteiger partial charge < -0.3 is 10.2 Å². The molecule has 1 atom stereocenters. The zero-order valence-corrected chi connectivity index (χ0v) is 18.7. The van der Waals surface area contributed by atoms with Crippen molar-refractivity contribution in [3.63, 3.8) is 0 Å². The first-order chi connectivity index (χ1) is 14.1. The van der Waals surface area contributed by atoms with Crippen LogP contribution in [0.5, 0.6) is 0 Å². The molecular weight excluding hydrogens is 376 g/mol. The van der Waals surface area contributed by atoms with Crippen molar-refractivity contribution in [3.8, 4) is 0 Å². The number of likely N-dealkylation sites (N-methyl/N-ethyl adjacent to an activating group) is 1. The molecule has 1 aromatic rings. The van der Waals surface area contributed by atoms with Crippen molar-refractivity contribution in [1.82, 2.24) is 20.1 Å². The first kappa shape index (κ1) is 19.7. The Kier molecular flexibility index (Phi) is 5.55. The molecule has 0 aromatic carbocycles. The SMILES string of the molecule is CCN1CCCC1CN(Cc1ccncc1)C(=S)NC12CC3CC(CC(C3)C1)C2. The molecule has 1 aromatic heterocycles. The molecule has 1 aliphatic heterocycles. The Morgan fingerprint density at radius 3 is 2.45 bits per heavy atom. The summed E-state index contributed by atoms with van der Waals surface area (Å²) in [6, 6.07) is 4.89. The lowest BCUT2D eigenvalue weighted by atomic mass is 9.53. The van der Waals surface area contributed by atoms with E-state index in [1.807, 2.05) is 12.4 Å². The van der Waals surface area contributed by atoms with Crippen LogP contribution in [0.1, 0.15) is 63.9 Å². The summed E-state index contributed by atoms with van der Waals surface area (Å²) >= 11 is 6.10. The molecule has 1 unspecified atom stereocenters. The Balaban J connectivity index is 1.32. The van der Waals surface area contributed by atoms with Gasteiger partial charge in [-0.2, -0.15) is 0 Å². The highest BCUT2D eigenvalue weighted by atomic mass is 32.1. The fourth-order valence-corrected chi connectivity index (χ4v) is 7.63. The van der Waals surface area contributed by atoms with Gasteiger partial charge in [0.1, 0.15) is 0 Å². The lowest BCUT2D eigenvalue weighted by molar-refractivity contribution is -0.0114. The second-order valence-electron chi connectivity index (χ2n) is 10.3. The molecule has 4 aliphatic carbocycles. The lowest BCUT2D eigenvalue weighted by Gasteiger charge is -2.57. The molecule has 5 fully saturated rings. The fourth-order valence-electron chi connectivity index (χ4n) is 7.27. The number of hydrogen-bond acceptors (Lipinski definition) is 3. The van der Waals surface area contributed by atoms with Gasteiger partial charge >= 0.3 is 0 Å². The number of aromatic nitrogens is 1. The molecule has 0 amide bonds. The van der Waals surface area contributed by atoms with Crippen molar-refractivity contribution < 1.29 is 0 Å². The average Bonchev–Trinajstić information content (AvgIpc) is 3.14. The molecule has 4 bridgehead atoms. The number of rotatable bonds is 6. The van der Waals surface area contributed by atoms with Crippen LogP contribution in [0, 0.1) is 17.8 Å². The zero-order chi connectivity index (χ0) is 19.8. The van der Waals surface area contributed by atoms with Crippen molar-refractivity contribution in [2.75, 3.05) is 19.6 Å². The predicted molar refractivity (Wildman–Crippen MR) is 122 cm³/mol. The van der Waals surface area contributed by atoms with Crippen LogP contribution in [0.2, 0.25) is 0 Å². The Hall–Kier alpha value is -1.20. The van der Waals surface area contributed by atoms with Gasteiger partial charge in [0, 0.05) is 37.1 Å².